The van der Waals surface area contributed by atoms with Gasteiger partial charge >= 0.3 is 0 Å². The minimum atomic E-state index is 1.02. The molecule has 8 rings (SSSR count). The highest BCUT2D eigenvalue weighted by molar-refractivity contribution is 8.04. The third-order valence-electron chi connectivity index (χ3n) is 12.3. The average molecular weight is 847 g/mol. The predicted molar refractivity (Wildman–Crippen MR) is 261 cm³/mol. The van der Waals surface area contributed by atoms with Crippen LogP contribution in [0.4, 0.5) is 11.4 Å². The van der Waals surface area contributed by atoms with E-state index in [1.54, 1.807) is 0 Å². The zero-order valence-electron chi connectivity index (χ0n) is 36.9. The maximum atomic E-state index is 2.44. The van der Waals surface area contributed by atoms with Crippen LogP contribution in [0.1, 0.15) is 30.4 Å². The Kier molecular flexibility index (Phi) is 13.2. The molecule has 2 aromatic heterocycles. The van der Waals surface area contributed by atoms with Crippen molar-refractivity contribution in [2.45, 2.75) is 42.1 Å². The molecule has 6 aromatic rings. The van der Waals surface area contributed by atoms with Gasteiger partial charge in [-0.25, -0.2) is 0 Å². The van der Waals surface area contributed by atoms with Gasteiger partial charge in [0.1, 0.15) is 0 Å². The van der Waals surface area contributed by atoms with Crippen LogP contribution in [0.3, 0.4) is 0 Å². The van der Waals surface area contributed by atoms with E-state index in [0.717, 1.165) is 48.0 Å². The number of rotatable bonds is 16. The fourth-order valence-electron chi connectivity index (χ4n) is 8.79. The topological polar surface area (TPSA) is 14.2 Å². The van der Waals surface area contributed by atoms with Gasteiger partial charge in [0.2, 0.25) is 11.0 Å². The third-order valence-corrected chi connectivity index (χ3v) is 14.7. The smallest absolute Gasteiger partial charge is 0.213 e. The van der Waals surface area contributed by atoms with Crippen LogP contribution < -0.4 is 18.9 Å². The molecule has 2 aliphatic heterocycles. The minimum absolute atomic E-state index is 1.02. The first kappa shape index (κ1) is 42.6. The first-order chi connectivity index (χ1) is 29.6. The van der Waals surface area contributed by atoms with Crippen molar-refractivity contribution in [3.63, 3.8) is 0 Å². The minimum Gasteiger partial charge on any atom is -0.338 e. The van der Waals surface area contributed by atoms with Crippen LogP contribution in [-0.4, -0.2) is 77.4 Å². The number of benzene rings is 4. The SMILES string of the molecule is CN1/C(=C/C=C/c2cc[n+](CCC[N+](C)(C)CCC[N+](C)(C)CCC[n+]3ccc(/C=C/C=C4\Sc5ccccc5N4C)c4ccccc43)c3ccccc23)Sc2ccccc21. The second kappa shape index (κ2) is 18.9. The van der Waals surface area contributed by atoms with Crippen LogP contribution in [0, 0.1) is 0 Å². The van der Waals surface area contributed by atoms with E-state index >= 15 is 0 Å². The summed E-state index contributed by atoms with van der Waals surface area (Å²) in [6.45, 7) is 6.74. The van der Waals surface area contributed by atoms with Crippen LogP contribution in [0.5, 0.6) is 0 Å². The molecule has 8 heteroatoms. The number of allylic oxidation sites excluding steroid dienone is 4. The van der Waals surface area contributed by atoms with E-state index in [0.29, 0.717) is 0 Å². The number of anilines is 2. The highest BCUT2D eigenvalue weighted by atomic mass is 32.2. The number of thioether (sulfide) groups is 2. The number of hydrogen-bond acceptors (Lipinski definition) is 4. The number of nitrogens with zero attached hydrogens (tertiary/aromatic N) is 6. The standard InChI is InChI=1S/C53H62N6S2/c1-54-48-26-11-13-28-50(48)60-52(54)30-15-20-42-32-36-56(46-24-9-7-22-44(42)46)34-17-38-58(3,4)40-19-41-59(5,6)39-18-35-57-37-33-43(45-23-8-10-25-47(45)57)21-16-31-53-55(2)49-27-12-14-29-51(49)61-53/h7-16,20-33,36-37H,17-19,34-35,38-41H2,1-6H3/q+4. The molecule has 312 valence electrons. The monoisotopic (exact) mass is 846 g/mol. The number of aryl methyl sites for hydroxylation is 2. The molecule has 0 spiro atoms. The maximum absolute atomic E-state index is 2.44. The lowest BCUT2D eigenvalue weighted by Gasteiger charge is -2.33. The van der Waals surface area contributed by atoms with Gasteiger partial charge in [-0.1, -0.05) is 96.4 Å². The van der Waals surface area contributed by atoms with E-state index in [1.165, 1.54) is 83.7 Å². The molecule has 2 aliphatic rings. The summed E-state index contributed by atoms with van der Waals surface area (Å²) in [4.78, 5) is 7.18. The quantitative estimate of drug-likeness (QED) is 0.0711. The van der Waals surface area contributed by atoms with E-state index in [4.69, 9.17) is 0 Å². The van der Waals surface area contributed by atoms with Crippen molar-refractivity contribution in [2.24, 2.45) is 0 Å². The molecule has 0 N–H and O–H groups in total. The second-order valence-electron chi connectivity index (χ2n) is 17.8. The van der Waals surface area contributed by atoms with Crippen molar-refractivity contribution in [3.8, 4) is 0 Å². The molecule has 61 heavy (non-hydrogen) atoms. The normalized spacial score (nSPS) is 15.7. The van der Waals surface area contributed by atoms with E-state index in [-0.39, 0.29) is 0 Å². The average Bonchev–Trinajstić information content (AvgIpc) is 3.76. The summed E-state index contributed by atoms with van der Waals surface area (Å²) in [5.74, 6) is 0. The summed E-state index contributed by atoms with van der Waals surface area (Å²) in [7, 11) is 13.9. The highest BCUT2D eigenvalue weighted by Gasteiger charge is 2.24. The zero-order valence-corrected chi connectivity index (χ0v) is 38.5. The summed E-state index contributed by atoms with van der Waals surface area (Å²) >= 11 is 3.66. The fourth-order valence-corrected chi connectivity index (χ4v) is 10.9. The van der Waals surface area contributed by atoms with Gasteiger partial charge in [0.25, 0.3) is 0 Å². The van der Waals surface area contributed by atoms with E-state index in [2.05, 4.69) is 219 Å². The molecule has 6 nitrogen and oxygen atoms in total. The lowest BCUT2D eigenvalue weighted by Crippen LogP contribution is -2.47. The molecule has 0 amide bonds. The van der Waals surface area contributed by atoms with Crippen LogP contribution in [0.2, 0.25) is 0 Å². The van der Waals surface area contributed by atoms with Crippen molar-refractivity contribution in [1.29, 1.82) is 0 Å². The van der Waals surface area contributed by atoms with Gasteiger partial charge in [-0.2, -0.15) is 9.13 Å². The lowest BCUT2D eigenvalue weighted by molar-refractivity contribution is -0.911. The van der Waals surface area contributed by atoms with Gasteiger partial charge in [-0.3, -0.25) is 0 Å². The van der Waals surface area contributed by atoms with Crippen molar-refractivity contribution in [1.82, 2.24) is 0 Å². The predicted octanol–water partition coefficient (Wildman–Crippen LogP) is 10.8. The Morgan fingerprint density at radius 3 is 1.33 bits per heavy atom. The fraction of sp³-hybridized carbons (Fsp3) is 0.283. The van der Waals surface area contributed by atoms with Gasteiger partial charge in [-0.15, -0.1) is 0 Å². The lowest BCUT2D eigenvalue weighted by atomic mass is 10.1. The van der Waals surface area contributed by atoms with E-state index in [9.17, 15) is 0 Å². The highest BCUT2D eigenvalue weighted by Crippen LogP contribution is 2.45. The number of para-hydroxylation sites is 4. The van der Waals surface area contributed by atoms with Crippen LogP contribution in [0.15, 0.2) is 166 Å². The number of quaternary nitrogens is 2. The first-order valence-corrected chi connectivity index (χ1v) is 23.4. The molecule has 0 atom stereocenters. The Labute approximate surface area is 372 Å². The molecule has 0 saturated heterocycles. The first-order valence-electron chi connectivity index (χ1n) is 21.8. The van der Waals surface area contributed by atoms with Crippen LogP contribution in [-0.2, 0) is 13.1 Å². The van der Waals surface area contributed by atoms with Gasteiger partial charge in [0.15, 0.2) is 25.5 Å². The van der Waals surface area contributed by atoms with Crippen molar-refractivity contribution in [2.75, 3.05) is 78.3 Å². The molecule has 0 radical (unpaired) electrons. The summed E-state index contributed by atoms with van der Waals surface area (Å²) < 4.78 is 6.99. The Hall–Kier alpha value is -5.12. The molecule has 0 bridgehead atoms. The number of pyridine rings is 2. The Morgan fingerprint density at radius 1 is 0.492 bits per heavy atom. The summed E-state index contributed by atoms with van der Waals surface area (Å²) in [5, 5.41) is 5.09. The maximum Gasteiger partial charge on any atom is 0.213 e. The van der Waals surface area contributed by atoms with Gasteiger partial charge in [0.05, 0.1) is 99.4 Å². The Bertz CT molecular complexity index is 2460. The van der Waals surface area contributed by atoms with Crippen molar-refractivity contribution < 1.29 is 18.1 Å². The molecule has 4 heterocycles. The molecular formula is C53H62N6S2+4. The van der Waals surface area contributed by atoms with Gasteiger partial charge in [0, 0.05) is 54.6 Å². The van der Waals surface area contributed by atoms with Crippen molar-refractivity contribution in [3.05, 3.63) is 167 Å². The second-order valence-corrected chi connectivity index (χ2v) is 19.9. The van der Waals surface area contributed by atoms with Gasteiger partial charge < -0.3 is 18.8 Å². The Balaban J connectivity index is 0.799. The third kappa shape index (κ3) is 10.2. The molecule has 0 fully saturated rings. The number of hydrogen-bond donors (Lipinski definition) is 0. The molecule has 0 unspecified atom stereocenters. The molecular weight excluding hydrogens is 785 g/mol. The summed E-state index contributed by atoms with van der Waals surface area (Å²) in [6, 6.07) is 39.5. The molecule has 0 aliphatic carbocycles. The molecule has 4 aromatic carbocycles. The molecule has 0 saturated carbocycles. The number of aromatic nitrogens is 2. The van der Waals surface area contributed by atoms with E-state index < -0.39 is 0 Å². The number of fused-ring (bicyclic) bond motifs is 4. The van der Waals surface area contributed by atoms with Crippen LogP contribution >= 0.6 is 23.5 Å². The summed E-state index contributed by atoms with van der Waals surface area (Å²) in [5.41, 5.74) is 7.66. The Morgan fingerprint density at radius 2 is 0.885 bits per heavy atom. The largest absolute Gasteiger partial charge is 0.338 e. The summed E-state index contributed by atoms with van der Waals surface area (Å²) in [6.07, 6.45) is 21.4. The van der Waals surface area contributed by atoms with E-state index in [1.807, 2.05) is 23.5 Å². The van der Waals surface area contributed by atoms with Crippen molar-refractivity contribution >= 4 is 68.9 Å². The zero-order chi connectivity index (χ0) is 42.4. The van der Waals surface area contributed by atoms with Gasteiger partial charge in [-0.05, 0) is 59.7 Å². The van der Waals surface area contributed by atoms with Crippen LogP contribution in [0.25, 0.3) is 34.0 Å².